The van der Waals surface area contributed by atoms with Gasteiger partial charge in [0, 0.05) is 19.3 Å². The summed E-state index contributed by atoms with van der Waals surface area (Å²) in [6, 6.07) is 6.70. The second-order valence-electron chi connectivity index (χ2n) is 4.14. The average Bonchev–Trinajstić information content (AvgIpc) is 2.36. The first kappa shape index (κ1) is 14.0. The predicted octanol–water partition coefficient (Wildman–Crippen LogP) is 2.05. The van der Waals surface area contributed by atoms with Gasteiger partial charge in [0.25, 0.3) is 0 Å². The molecule has 0 aliphatic heterocycles. The lowest BCUT2D eigenvalue weighted by Crippen LogP contribution is -2.28. The molecule has 0 saturated carbocycles. The summed E-state index contributed by atoms with van der Waals surface area (Å²) in [5.74, 6) is 0.348. The maximum absolute atomic E-state index is 11.9. The number of nitrogens with one attached hydrogen (secondary N) is 2. The molecule has 0 aliphatic rings. The van der Waals surface area contributed by atoms with Crippen LogP contribution in [-0.2, 0) is 10.0 Å². The van der Waals surface area contributed by atoms with Crippen LogP contribution in [0.15, 0.2) is 29.2 Å². The summed E-state index contributed by atoms with van der Waals surface area (Å²) in [4.78, 5) is 0.305. The van der Waals surface area contributed by atoms with Crippen molar-refractivity contribution in [1.29, 1.82) is 0 Å². The number of benzene rings is 1. The Morgan fingerprint density at radius 3 is 2.29 bits per heavy atom. The number of hydrogen-bond acceptors (Lipinski definition) is 3. The minimum absolute atomic E-state index is 0.305. The SMILES string of the molecule is CCC(C)CNS(=O)(=O)c1ccc(NC)cc1. The van der Waals surface area contributed by atoms with E-state index in [0.717, 1.165) is 12.1 Å². The molecule has 1 atom stereocenters. The molecule has 96 valence electrons. The zero-order valence-corrected chi connectivity index (χ0v) is 11.3. The molecule has 1 rings (SSSR count). The van der Waals surface area contributed by atoms with Crippen LogP contribution in [0.1, 0.15) is 20.3 Å². The van der Waals surface area contributed by atoms with Gasteiger partial charge in [0.15, 0.2) is 0 Å². The summed E-state index contributed by atoms with van der Waals surface area (Å²) in [6.07, 6.45) is 0.960. The Morgan fingerprint density at radius 1 is 1.24 bits per heavy atom. The van der Waals surface area contributed by atoms with Gasteiger partial charge in [-0.2, -0.15) is 0 Å². The van der Waals surface area contributed by atoms with E-state index in [0.29, 0.717) is 17.4 Å². The van der Waals surface area contributed by atoms with Gasteiger partial charge in [0.2, 0.25) is 10.0 Å². The van der Waals surface area contributed by atoms with Crippen LogP contribution in [0.4, 0.5) is 5.69 Å². The van der Waals surface area contributed by atoms with Crippen LogP contribution in [0.5, 0.6) is 0 Å². The molecule has 17 heavy (non-hydrogen) atoms. The summed E-state index contributed by atoms with van der Waals surface area (Å²) in [5.41, 5.74) is 0.894. The quantitative estimate of drug-likeness (QED) is 0.819. The van der Waals surface area contributed by atoms with Crippen LogP contribution < -0.4 is 10.0 Å². The van der Waals surface area contributed by atoms with Gasteiger partial charge in [0.1, 0.15) is 0 Å². The molecule has 0 bridgehead atoms. The molecule has 0 spiro atoms. The van der Waals surface area contributed by atoms with Crippen LogP contribution in [0, 0.1) is 5.92 Å². The second-order valence-corrected chi connectivity index (χ2v) is 5.91. The lowest BCUT2D eigenvalue weighted by atomic mass is 10.1. The van der Waals surface area contributed by atoms with Crippen molar-refractivity contribution in [3.05, 3.63) is 24.3 Å². The zero-order valence-electron chi connectivity index (χ0n) is 10.5. The van der Waals surface area contributed by atoms with E-state index in [1.165, 1.54) is 0 Å². The van der Waals surface area contributed by atoms with E-state index >= 15 is 0 Å². The molecule has 0 heterocycles. The van der Waals surface area contributed by atoms with E-state index in [4.69, 9.17) is 0 Å². The highest BCUT2D eigenvalue weighted by Crippen LogP contribution is 2.13. The van der Waals surface area contributed by atoms with Gasteiger partial charge in [-0.25, -0.2) is 13.1 Å². The molecule has 0 fully saturated rings. The highest BCUT2D eigenvalue weighted by molar-refractivity contribution is 7.89. The fourth-order valence-corrected chi connectivity index (χ4v) is 2.45. The lowest BCUT2D eigenvalue weighted by Gasteiger charge is -2.11. The summed E-state index contributed by atoms with van der Waals surface area (Å²) >= 11 is 0. The smallest absolute Gasteiger partial charge is 0.240 e. The summed E-state index contributed by atoms with van der Waals surface area (Å²) in [5, 5.41) is 2.95. The van der Waals surface area contributed by atoms with Gasteiger partial charge >= 0.3 is 0 Å². The van der Waals surface area contributed by atoms with E-state index < -0.39 is 10.0 Å². The maximum atomic E-state index is 11.9. The summed E-state index contributed by atoms with van der Waals surface area (Å²) in [7, 11) is -1.57. The van der Waals surface area contributed by atoms with Gasteiger partial charge in [-0.3, -0.25) is 0 Å². The molecule has 1 aromatic carbocycles. The molecule has 0 radical (unpaired) electrons. The highest BCUT2D eigenvalue weighted by atomic mass is 32.2. The Labute approximate surface area is 103 Å². The molecule has 5 heteroatoms. The largest absolute Gasteiger partial charge is 0.388 e. The van der Waals surface area contributed by atoms with Gasteiger partial charge in [-0.1, -0.05) is 20.3 Å². The van der Waals surface area contributed by atoms with Crippen LogP contribution in [-0.4, -0.2) is 22.0 Å². The van der Waals surface area contributed by atoms with Gasteiger partial charge in [-0.05, 0) is 30.2 Å². The monoisotopic (exact) mass is 256 g/mol. The predicted molar refractivity (Wildman–Crippen MR) is 70.6 cm³/mol. The molecule has 0 aliphatic carbocycles. The summed E-state index contributed by atoms with van der Waals surface area (Å²) < 4.78 is 26.5. The number of hydrogen-bond donors (Lipinski definition) is 2. The van der Waals surface area contributed by atoms with Gasteiger partial charge in [0.05, 0.1) is 4.90 Å². The van der Waals surface area contributed by atoms with Crippen molar-refractivity contribution >= 4 is 15.7 Å². The topological polar surface area (TPSA) is 58.2 Å². The lowest BCUT2D eigenvalue weighted by molar-refractivity contribution is 0.528. The third kappa shape index (κ3) is 4.02. The number of anilines is 1. The van der Waals surface area contributed by atoms with Crippen LogP contribution in [0.3, 0.4) is 0 Å². The highest BCUT2D eigenvalue weighted by Gasteiger charge is 2.14. The van der Waals surface area contributed by atoms with Crippen LogP contribution in [0.25, 0.3) is 0 Å². The Balaban J connectivity index is 2.75. The molecule has 1 unspecified atom stereocenters. The van der Waals surface area contributed by atoms with Crippen molar-refractivity contribution in [2.75, 3.05) is 18.9 Å². The number of sulfonamides is 1. The maximum Gasteiger partial charge on any atom is 0.240 e. The van der Waals surface area contributed by atoms with Crippen molar-refractivity contribution in [3.63, 3.8) is 0 Å². The van der Waals surface area contributed by atoms with Crippen molar-refractivity contribution < 1.29 is 8.42 Å². The van der Waals surface area contributed by atoms with Gasteiger partial charge < -0.3 is 5.32 Å². The third-order valence-corrected chi connectivity index (χ3v) is 4.21. The van der Waals surface area contributed by atoms with Crippen molar-refractivity contribution in [3.8, 4) is 0 Å². The minimum atomic E-state index is -3.37. The Bertz CT molecular complexity index is 440. The molecule has 0 aromatic heterocycles. The standard InChI is InChI=1S/C12H20N2O2S/c1-4-10(2)9-14-17(15,16)12-7-5-11(13-3)6-8-12/h5-8,10,13-14H,4,9H2,1-3H3. The molecule has 0 amide bonds. The van der Waals surface area contributed by atoms with E-state index in [-0.39, 0.29) is 0 Å². The first-order valence-electron chi connectivity index (χ1n) is 5.77. The van der Waals surface area contributed by atoms with Crippen molar-refractivity contribution in [2.45, 2.75) is 25.2 Å². The van der Waals surface area contributed by atoms with E-state index in [9.17, 15) is 8.42 Å². The average molecular weight is 256 g/mol. The van der Waals surface area contributed by atoms with Crippen molar-refractivity contribution in [2.24, 2.45) is 5.92 Å². The van der Waals surface area contributed by atoms with E-state index in [1.807, 2.05) is 13.8 Å². The van der Waals surface area contributed by atoms with Crippen LogP contribution >= 0.6 is 0 Å². The molecular weight excluding hydrogens is 236 g/mol. The third-order valence-electron chi connectivity index (χ3n) is 2.77. The fourth-order valence-electron chi connectivity index (χ4n) is 1.28. The first-order valence-corrected chi connectivity index (χ1v) is 7.25. The fraction of sp³-hybridized carbons (Fsp3) is 0.500. The first-order chi connectivity index (χ1) is 7.99. The van der Waals surface area contributed by atoms with E-state index in [1.54, 1.807) is 31.3 Å². The normalized spacial score (nSPS) is 13.4. The van der Waals surface area contributed by atoms with Crippen LogP contribution in [0.2, 0.25) is 0 Å². The zero-order chi connectivity index (χ0) is 12.9. The molecule has 1 aromatic rings. The molecule has 4 nitrogen and oxygen atoms in total. The summed E-state index contributed by atoms with van der Waals surface area (Å²) in [6.45, 7) is 4.54. The molecule has 0 saturated heterocycles. The Hall–Kier alpha value is -1.07. The van der Waals surface area contributed by atoms with Crippen molar-refractivity contribution in [1.82, 2.24) is 4.72 Å². The Kier molecular flexibility index (Phi) is 4.96. The molecular formula is C12H20N2O2S. The molecule has 2 N–H and O–H groups in total. The van der Waals surface area contributed by atoms with Gasteiger partial charge in [-0.15, -0.1) is 0 Å². The number of rotatable bonds is 6. The second kappa shape index (κ2) is 6.02. The minimum Gasteiger partial charge on any atom is -0.388 e. The van der Waals surface area contributed by atoms with E-state index in [2.05, 4.69) is 10.0 Å². The Morgan fingerprint density at radius 2 is 1.82 bits per heavy atom.